The first-order valence-electron chi connectivity index (χ1n) is 6.41. The van der Waals surface area contributed by atoms with Crippen LogP contribution in [0.25, 0.3) is 0 Å². The van der Waals surface area contributed by atoms with Crippen LogP contribution in [0.5, 0.6) is 5.75 Å². The van der Waals surface area contributed by atoms with Gasteiger partial charge in [-0.3, -0.25) is 4.79 Å². The van der Waals surface area contributed by atoms with Crippen LogP contribution in [0.4, 0.5) is 5.69 Å². The summed E-state index contributed by atoms with van der Waals surface area (Å²) in [5, 5.41) is 3.47. The van der Waals surface area contributed by atoms with E-state index in [0.717, 1.165) is 16.1 Å². The molecule has 0 unspecified atom stereocenters. The molecule has 0 aliphatic rings. The van der Waals surface area contributed by atoms with Crippen LogP contribution >= 0.6 is 23.4 Å². The van der Waals surface area contributed by atoms with Gasteiger partial charge in [0, 0.05) is 15.6 Å². The molecule has 0 aromatic heterocycles. The van der Waals surface area contributed by atoms with Crippen LogP contribution in [0.2, 0.25) is 5.02 Å². The van der Waals surface area contributed by atoms with Gasteiger partial charge >= 0.3 is 0 Å². The first kappa shape index (κ1) is 15.7. The van der Waals surface area contributed by atoms with E-state index in [1.54, 1.807) is 23.9 Å². The number of carbonyl (C=O) groups is 1. The molecule has 21 heavy (non-hydrogen) atoms. The molecule has 1 N–H and O–H groups in total. The second-order valence-electron chi connectivity index (χ2n) is 4.48. The number of anilines is 1. The summed E-state index contributed by atoms with van der Waals surface area (Å²) in [6.07, 6.45) is 2.01. The Balaban J connectivity index is 1.87. The molecule has 0 atom stereocenters. The SMILES string of the molecule is CSc1ccc(NC(=O)COc2ccc(Cl)c(C)c2)cc1. The number of hydrogen-bond donors (Lipinski definition) is 1. The highest BCUT2D eigenvalue weighted by molar-refractivity contribution is 7.98. The zero-order valence-electron chi connectivity index (χ0n) is 11.9. The van der Waals surface area contributed by atoms with E-state index in [1.165, 1.54) is 0 Å². The number of ether oxygens (including phenoxy) is 1. The Morgan fingerprint density at radius 2 is 1.95 bits per heavy atom. The van der Waals surface area contributed by atoms with E-state index in [0.29, 0.717) is 10.8 Å². The number of thioether (sulfide) groups is 1. The van der Waals surface area contributed by atoms with Gasteiger partial charge in [-0.1, -0.05) is 11.6 Å². The summed E-state index contributed by atoms with van der Waals surface area (Å²) in [6, 6.07) is 13.0. The van der Waals surface area contributed by atoms with Crippen LogP contribution in [-0.2, 0) is 4.79 Å². The molecule has 2 rings (SSSR count). The summed E-state index contributed by atoms with van der Waals surface area (Å²) in [5.74, 6) is 0.435. The van der Waals surface area contributed by atoms with E-state index in [-0.39, 0.29) is 12.5 Å². The van der Waals surface area contributed by atoms with E-state index in [4.69, 9.17) is 16.3 Å². The molecule has 3 nitrogen and oxygen atoms in total. The Hall–Kier alpha value is -1.65. The number of halogens is 1. The fourth-order valence-corrected chi connectivity index (χ4v) is 2.25. The normalized spacial score (nSPS) is 10.2. The van der Waals surface area contributed by atoms with Crippen LogP contribution in [0.15, 0.2) is 47.4 Å². The third kappa shape index (κ3) is 4.69. The van der Waals surface area contributed by atoms with Gasteiger partial charge in [0.25, 0.3) is 5.91 Å². The highest BCUT2D eigenvalue weighted by atomic mass is 35.5. The van der Waals surface area contributed by atoms with Crippen molar-refractivity contribution in [2.45, 2.75) is 11.8 Å². The average molecular weight is 322 g/mol. The Labute approximate surface area is 133 Å². The molecule has 0 heterocycles. The molecule has 0 fully saturated rings. The topological polar surface area (TPSA) is 38.3 Å². The van der Waals surface area contributed by atoms with Gasteiger partial charge in [0.2, 0.25) is 0 Å². The lowest BCUT2D eigenvalue weighted by Gasteiger charge is -2.09. The summed E-state index contributed by atoms with van der Waals surface area (Å²) in [4.78, 5) is 13.0. The summed E-state index contributed by atoms with van der Waals surface area (Å²) in [7, 11) is 0. The molecule has 0 saturated heterocycles. The number of amides is 1. The van der Waals surface area contributed by atoms with Crippen molar-refractivity contribution in [3.05, 3.63) is 53.1 Å². The number of aryl methyl sites for hydroxylation is 1. The maximum Gasteiger partial charge on any atom is 0.262 e. The van der Waals surface area contributed by atoms with Crippen LogP contribution in [-0.4, -0.2) is 18.8 Å². The third-order valence-corrected chi connectivity index (χ3v) is 4.04. The summed E-state index contributed by atoms with van der Waals surface area (Å²) >= 11 is 7.60. The maximum atomic E-state index is 11.8. The van der Waals surface area contributed by atoms with Gasteiger partial charge < -0.3 is 10.1 Å². The average Bonchev–Trinajstić information content (AvgIpc) is 2.49. The van der Waals surface area contributed by atoms with Crippen molar-refractivity contribution >= 4 is 35.0 Å². The van der Waals surface area contributed by atoms with Crippen LogP contribution in [0.3, 0.4) is 0 Å². The molecule has 2 aromatic rings. The van der Waals surface area contributed by atoms with E-state index in [9.17, 15) is 4.79 Å². The van der Waals surface area contributed by atoms with Gasteiger partial charge in [-0.25, -0.2) is 0 Å². The van der Waals surface area contributed by atoms with Crippen molar-refractivity contribution in [1.29, 1.82) is 0 Å². The van der Waals surface area contributed by atoms with Gasteiger partial charge in [0.05, 0.1) is 0 Å². The van der Waals surface area contributed by atoms with Crippen LogP contribution in [0.1, 0.15) is 5.56 Å². The number of nitrogens with one attached hydrogen (secondary N) is 1. The summed E-state index contributed by atoms with van der Waals surface area (Å²) in [6.45, 7) is 1.86. The molecule has 0 radical (unpaired) electrons. The second kappa shape index (κ2) is 7.38. The second-order valence-corrected chi connectivity index (χ2v) is 5.76. The minimum Gasteiger partial charge on any atom is -0.484 e. The van der Waals surface area contributed by atoms with Gasteiger partial charge in [-0.2, -0.15) is 0 Å². The Morgan fingerprint density at radius 1 is 1.24 bits per heavy atom. The molecule has 0 bridgehead atoms. The van der Waals surface area contributed by atoms with Gasteiger partial charge in [-0.05, 0) is 61.2 Å². The molecule has 0 saturated carbocycles. The quantitative estimate of drug-likeness (QED) is 0.830. The lowest BCUT2D eigenvalue weighted by Crippen LogP contribution is -2.20. The third-order valence-electron chi connectivity index (χ3n) is 2.87. The number of hydrogen-bond acceptors (Lipinski definition) is 3. The Bertz CT molecular complexity index is 629. The van der Waals surface area contributed by atoms with Crippen molar-refractivity contribution in [3.8, 4) is 5.75 Å². The zero-order chi connectivity index (χ0) is 15.2. The molecular weight excluding hydrogens is 306 g/mol. The lowest BCUT2D eigenvalue weighted by atomic mass is 10.2. The largest absolute Gasteiger partial charge is 0.484 e. The van der Waals surface area contributed by atoms with Gasteiger partial charge in [0.15, 0.2) is 6.61 Å². The van der Waals surface area contributed by atoms with Crippen molar-refractivity contribution in [3.63, 3.8) is 0 Å². The Morgan fingerprint density at radius 3 is 2.57 bits per heavy atom. The van der Waals surface area contributed by atoms with Crippen LogP contribution < -0.4 is 10.1 Å². The fourth-order valence-electron chi connectivity index (χ4n) is 1.73. The highest BCUT2D eigenvalue weighted by Gasteiger charge is 2.05. The van der Waals surface area contributed by atoms with Crippen molar-refractivity contribution in [2.24, 2.45) is 0 Å². The van der Waals surface area contributed by atoms with Crippen molar-refractivity contribution < 1.29 is 9.53 Å². The standard InChI is InChI=1S/C16H16ClNO2S/c1-11-9-13(5-8-15(11)17)20-10-16(19)18-12-3-6-14(21-2)7-4-12/h3-9H,10H2,1-2H3,(H,18,19). The molecule has 5 heteroatoms. The first-order valence-corrected chi connectivity index (χ1v) is 8.01. The summed E-state index contributed by atoms with van der Waals surface area (Å²) in [5.41, 5.74) is 1.68. The van der Waals surface area contributed by atoms with E-state index >= 15 is 0 Å². The molecule has 0 aliphatic heterocycles. The predicted molar refractivity (Wildman–Crippen MR) is 88.5 cm³/mol. The first-order chi connectivity index (χ1) is 10.1. The van der Waals surface area contributed by atoms with Gasteiger partial charge in [-0.15, -0.1) is 11.8 Å². The monoisotopic (exact) mass is 321 g/mol. The molecule has 110 valence electrons. The molecule has 2 aromatic carbocycles. The maximum absolute atomic E-state index is 11.8. The fraction of sp³-hybridized carbons (Fsp3) is 0.188. The van der Waals surface area contributed by atoms with E-state index in [2.05, 4.69) is 5.32 Å². The predicted octanol–water partition coefficient (Wildman–Crippen LogP) is 4.39. The van der Waals surface area contributed by atoms with E-state index < -0.39 is 0 Å². The smallest absolute Gasteiger partial charge is 0.262 e. The molecule has 1 amide bonds. The number of rotatable bonds is 5. The zero-order valence-corrected chi connectivity index (χ0v) is 13.4. The molecular formula is C16H16ClNO2S. The van der Waals surface area contributed by atoms with Crippen molar-refractivity contribution in [1.82, 2.24) is 0 Å². The number of carbonyl (C=O) groups excluding carboxylic acids is 1. The molecule has 0 spiro atoms. The van der Waals surface area contributed by atoms with E-state index in [1.807, 2.05) is 43.5 Å². The van der Waals surface area contributed by atoms with Crippen LogP contribution in [0, 0.1) is 6.92 Å². The lowest BCUT2D eigenvalue weighted by molar-refractivity contribution is -0.118. The number of benzene rings is 2. The molecule has 0 aliphatic carbocycles. The highest BCUT2D eigenvalue weighted by Crippen LogP contribution is 2.21. The summed E-state index contributed by atoms with van der Waals surface area (Å²) < 4.78 is 5.45. The van der Waals surface area contributed by atoms with Gasteiger partial charge in [0.1, 0.15) is 5.75 Å². The minimum absolute atomic E-state index is 0.0364. The van der Waals surface area contributed by atoms with Crippen molar-refractivity contribution in [2.75, 3.05) is 18.2 Å². The minimum atomic E-state index is -0.195. The Kier molecular flexibility index (Phi) is 5.53.